The summed E-state index contributed by atoms with van der Waals surface area (Å²) in [6, 6.07) is 10.3. The number of pyridine rings is 1. The molecule has 8 heteroatoms. The summed E-state index contributed by atoms with van der Waals surface area (Å²) < 4.78 is 1.80. The number of aromatic nitrogens is 3. The highest BCUT2D eigenvalue weighted by atomic mass is 79.9. The fourth-order valence-electron chi connectivity index (χ4n) is 2.16. The third-order valence-electron chi connectivity index (χ3n) is 3.45. The lowest BCUT2D eigenvalue weighted by molar-refractivity contribution is 0.430. The molecule has 126 valence electrons. The Hall–Kier alpha value is -3.00. The molecular weight excluding hydrogens is 388 g/mol. The molecule has 0 bridgehead atoms. The molecule has 7 nitrogen and oxygen atoms in total. The molecule has 0 atom stereocenters. The van der Waals surface area contributed by atoms with E-state index in [9.17, 15) is 14.7 Å². The van der Waals surface area contributed by atoms with Gasteiger partial charge in [0.2, 0.25) is 5.88 Å². The number of benzene rings is 1. The van der Waals surface area contributed by atoms with Gasteiger partial charge in [-0.25, -0.2) is 19.3 Å². The van der Waals surface area contributed by atoms with Crippen molar-refractivity contribution in [3.8, 4) is 11.6 Å². The SMILES string of the molecule is Cc1ccc(-n2c(O)c(C=Nc3ccc(Br)cn3)c(=O)[nH]c2=O)cc1. The second-order valence-electron chi connectivity index (χ2n) is 5.26. The van der Waals surface area contributed by atoms with E-state index in [0.717, 1.165) is 14.6 Å². The summed E-state index contributed by atoms with van der Waals surface area (Å²) in [5.41, 5.74) is -0.161. The van der Waals surface area contributed by atoms with Crippen LogP contribution in [0.15, 0.2) is 61.6 Å². The monoisotopic (exact) mass is 400 g/mol. The number of halogens is 1. The second kappa shape index (κ2) is 6.86. The van der Waals surface area contributed by atoms with Crippen LogP contribution in [0.25, 0.3) is 5.69 Å². The van der Waals surface area contributed by atoms with Gasteiger partial charge in [-0.05, 0) is 47.1 Å². The van der Waals surface area contributed by atoms with E-state index in [1.165, 1.54) is 6.21 Å². The number of aromatic hydroxyl groups is 1. The van der Waals surface area contributed by atoms with Crippen molar-refractivity contribution < 1.29 is 5.11 Å². The molecule has 0 radical (unpaired) electrons. The van der Waals surface area contributed by atoms with Crippen molar-refractivity contribution in [3.63, 3.8) is 0 Å². The summed E-state index contributed by atoms with van der Waals surface area (Å²) in [4.78, 5) is 34.4. The largest absolute Gasteiger partial charge is 0.493 e. The molecule has 0 saturated heterocycles. The van der Waals surface area contributed by atoms with Crippen LogP contribution in [-0.2, 0) is 0 Å². The minimum absolute atomic E-state index is 0.134. The molecule has 0 unspecified atom stereocenters. The smallest absolute Gasteiger partial charge is 0.335 e. The van der Waals surface area contributed by atoms with Crippen LogP contribution in [0.3, 0.4) is 0 Å². The van der Waals surface area contributed by atoms with E-state index in [-0.39, 0.29) is 5.56 Å². The summed E-state index contributed by atoms with van der Waals surface area (Å²) in [6.45, 7) is 1.91. The summed E-state index contributed by atoms with van der Waals surface area (Å²) >= 11 is 3.27. The van der Waals surface area contributed by atoms with Gasteiger partial charge in [-0.15, -0.1) is 0 Å². The summed E-state index contributed by atoms with van der Waals surface area (Å²) in [5, 5.41) is 10.4. The number of hydrogen-bond acceptors (Lipinski definition) is 5. The Bertz CT molecular complexity index is 1050. The molecule has 0 spiro atoms. The number of nitrogens with one attached hydrogen (secondary N) is 1. The predicted octanol–water partition coefficient (Wildman–Crippen LogP) is 2.45. The average Bonchev–Trinajstić information content (AvgIpc) is 2.57. The minimum Gasteiger partial charge on any atom is -0.493 e. The fraction of sp³-hybridized carbons (Fsp3) is 0.0588. The molecule has 2 aromatic heterocycles. The summed E-state index contributed by atoms with van der Waals surface area (Å²) in [5.74, 6) is -0.131. The molecule has 3 aromatic rings. The lowest BCUT2D eigenvalue weighted by atomic mass is 10.2. The van der Waals surface area contributed by atoms with Crippen molar-refractivity contribution in [2.45, 2.75) is 6.92 Å². The predicted molar refractivity (Wildman–Crippen MR) is 98.3 cm³/mol. The van der Waals surface area contributed by atoms with Crippen LogP contribution in [0.5, 0.6) is 5.88 Å². The highest BCUT2D eigenvalue weighted by molar-refractivity contribution is 9.10. The maximum absolute atomic E-state index is 12.1. The first-order valence-electron chi connectivity index (χ1n) is 7.26. The van der Waals surface area contributed by atoms with Gasteiger partial charge in [0.1, 0.15) is 5.56 Å². The van der Waals surface area contributed by atoms with Crippen LogP contribution in [-0.4, -0.2) is 25.9 Å². The third kappa shape index (κ3) is 3.58. The van der Waals surface area contributed by atoms with Gasteiger partial charge in [-0.2, -0.15) is 0 Å². The molecule has 25 heavy (non-hydrogen) atoms. The van der Waals surface area contributed by atoms with E-state index < -0.39 is 17.1 Å². The van der Waals surface area contributed by atoms with Crippen molar-refractivity contribution in [3.05, 3.63) is 79.0 Å². The topological polar surface area (TPSA) is 100 Å². The maximum atomic E-state index is 12.1. The van der Waals surface area contributed by atoms with E-state index in [0.29, 0.717) is 11.5 Å². The van der Waals surface area contributed by atoms with Crippen LogP contribution < -0.4 is 11.2 Å². The van der Waals surface area contributed by atoms with E-state index in [1.807, 2.05) is 6.92 Å². The summed E-state index contributed by atoms with van der Waals surface area (Å²) in [6.07, 6.45) is 2.73. The zero-order valence-electron chi connectivity index (χ0n) is 13.1. The molecule has 0 aliphatic heterocycles. The molecule has 0 fully saturated rings. The lowest BCUT2D eigenvalue weighted by Crippen LogP contribution is -2.31. The van der Waals surface area contributed by atoms with Crippen molar-refractivity contribution in [1.29, 1.82) is 0 Å². The first-order valence-corrected chi connectivity index (χ1v) is 8.06. The Labute approximate surface area is 150 Å². The first kappa shape index (κ1) is 16.8. The van der Waals surface area contributed by atoms with Crippen LogP contribution >= 0.6 is 15.9 Å². The van der Waals surface area contributed by atoms with E-state index in [4.69, 9.17) is 0 Å². The van der Waals surface area contributed by atoms with Gasteiger partial charge in [0.25, 0.3) is 5.56 Å². The van der Waals surface area contributed by atoms with Gasteiger partial charge in [-0.3, -0.25) is 9.78 Å². The molecule has 0 aliphatic carbocycles. The highest BCUT2D eigenvalue weighted by Crippen LogP contribution is 2.17. The van der Waals surface area contributed by atoms with Crippen LogP contribution in [0.2, 0.25) is 0 Å². The zero-order valence-corrected chi connectivity index (χ0v) is 14.7. The molecule has 1 aromatic carbocycles. The van der Waals surface area contributed by atoms with Gasteiger partial charge in [-0.1, -0.05) is 17.7 Å². The minimum atomic E-state index is -0.731. The van der Waals surface area contributed by atoms with Crippen molar-refractivity contribution in [2.75, 3.05) is 0 Å². The second-order valence-corrected chi connectivity index (χ2v) is 6.18. The van der Waals surface area contributed by atoms with Crippen LogP contribution in [0.1, 0.15) is 11.1 Å². The molecule has 0 aliphatic rings. The molecular formula is C17H13BrN4O3. The lowest BCUT2D eigenvalue weighted by Gasteiger charge is -2.09. The third-order valence-corrected chi connectivity index (χ3v) is 3.92. The standard InChI is InChI=1S/C17H13BrN4O3/c1-10-2-5-12(6-3-10)22-16(24)13(15(23)21-17(22)25)9-20-14-7-4-11(18)8-19-14/h2-9,24H,1H3,(H,21,23,25). The van der Waals surface area contributed by atoms with Gasteiger partial charge < -0.3 is 5.11 Å². The van der Waals surface area contributed by atoms with Crippen molar-refractivity contribution in [1.82, 2.24) is 14.5 Å². The quantitative estimate of drug-likeness (QED) is 0.659. The van der Waals surface area contributed by atoms with Gasteiger partial charge >= 0.3 is 5.69 Å². The Morgan fingerprint density at radius 2 is 1.92 bits per heavy atom. The Morgan fingerprint density at radius 1 is 1.20 bits per heavy atom. The van der Waals surface area contributed by atoms with Gasteiger partial charge in [0.15, 0.2) is 5.82 Å². The molecule has 3 rings (SSSR count). The van der Waals surface area contributed by atoms with Crippen LogP contribution in [0, 0.1) is 6.92 Å². The zero-order chi connectivity index (χ0) is 18.0. The van der Waals surface area contributed by atoms with E-state index >= 15 is 0 Å². The number of nitrogens with zero attached hydrogens (tertiary/aromatic N) is 3. The number of H-pyrrole nitrogens is 1. The van der Waals surface area contributed by atoms with Crippen molar-refractivity contribution in [2.24, 2.45) is 4.99 Å². The average molecular weight is 401 g/mol. The van der Waals surface area contributed by atoms with E-state index in [1.54, 1.807) is 42.6 Å². The highest BCUT2D eigenvalue weighted by Gasteiger charge is 2.14. The molecule has 2 heterocycles. The van der Waals surface area contributed by atoms with Gasteiger partial charge in [0.05, 0.1) is 5.69 Å². The molecule has 0 saturated carbocycles. The normalized spacial score (nSPS) is 11.1. The number of aromatic amines is 1. The maximum Gasteiger partial charge on any atom is 0.335 e. The summed E-state index contributed by atoms with van der Waals surface area (Å²) in [7, 11) is 0. The fourth-order valence-corrected chi connectivity index (χ4v) is 2.40. The first-order chi connectivity index (χ1) is 12.0. The molecule has 2 N–H and O–H groups in total. The molecule has 0 amide bonds. The number of hydrogen-bond donors (Lipinski definition) is 2. The Morgan fingerprint density at radius 3 is 2.56 bits per heavy atom. The van der Waals surface area contributed by atoms with Gasteiger partial charge in [0, 0.05) is 16.9 Å². The van der Waals surface area contributed by atoms with E-state index in [2.05, 4.69) is 30.9 Å². The Kier molecular flexibility index (Phi) is 4.62. The number of aryl methyl sites for hydroxylation is 1. The van der Waals surface area contributed by atoms with Crippen LogP contribution in [0.4, 0.5) is 5.82 Å². The number of rotatable bonds is 3. The Balaban J connectivity index is 2.10. The van der Waals surface area contributed by atoms with Crippen molar-refractivity contribution >= 4 is 28.0 Å². The number of aliphatic imine (C=N–C) groups is 1.